The van der Waals surface area contributed by atoms with E-state index < -0.39 is 0 Å². The average molecular weight is 272 g/mol. The van der Waals surface area contributed by atoms with Crippen molar-refractivity contribution in [3.63, 3.8) is 0 Å². The number of carbonyl (C=O) groups excluding carboxylic acids is 1. The van der Waals surface area contributed by atoms with Crippen molar-refractivity contribution in [2.45, 2.75) is 57.4 Å². The number of nitrogens with one attached hydrogen (secondary N) is 1. The van der Waals surface area contributed by atoms with Crippen LogP contribution in [0.15, 0.2) is 24.3 Å². The molecule has 1 amide bonds. The number of hydrogen-bond donors (Lipinski definition) is 2. The number of carbonyl (C=O) groups is 1. The van der Waals surface area contributed by atoms with E-state index in [4.69, 9.17) is 5.73 Å². The standard InChI is InChI=1S/C17H24N2O/c1-2-13-3-5-14(6-4-13)19-15(20)16-7-10-17(18,11-8-16)12-9-16/h3-6H,2,7-12,18H2,1H3,(H,19,20). The fraction of sp³-hybridized carbons (Fsp3) is 0.588. The third-order valence-corrected chi connectivity index (χ3v) is 5.41. The van der Waals surface area contributed by atoms with Crippen LogP contribution in [0.1, 0.15) is 51.0 Å². The Bertz CT molecular complexity index is 482. The molecular formula is C17H24N2O. The van der Waals surface area contributed by atoms with Crippen molar-refractivity contribution in [3.05, 3.63) is 29.8 Å². The van der Waals surface area contributed by atoms with Gasteiger partial charge in [0.05, 0.1) is 0 Å². The third kappa shape index (κ3) is 2.35. The number of rotatable bonds is 3. The Kier molecular flexibility index (Phi) is 3.33. The first-order valence-corrected chi connectivity index (χ1v) is 7.75. The first-order valence-electron chi connectivity index (χ1n) is 7.75. The molecule has 3 nitrogen and oxygen atoms in total. The number of hydrogen-bond acceptors (Lipinski definition) is 2. The molecule has 0 atom stereocenters. The summed E-state index contributed by atoms with van der Waals surface area (Å²) in [4.78, 5) is 12.7. The lowest BCUT2D eigenvalue weighted by molar-refractivity contribution is -0.131. The number of amides is 1. The van der Waals surface area contributed by atoms with Crippen molar-refractivity contribution >= 4 is 11.6 Å². The van der Waals surface area contributed by atoms with Gasteiger partial charge >= 0.3 is 0 Å². The number of benzene rings is 1. The number of anilines is 1. The topological polar surface area (TPSA) is 55.1 Å². The highest BCUT2D eigenvalue weighted by Gasteiger charge is 2.50. The number of fused-ring (bicyclic) bond motifs is 3. The predicted octanol–water partition coefficient (Wildman–Crippen LogP) is 3.24. The molecule has 108 valence electrons. The van der Waals surface area contributed by atoms with E-state index in [9.17, 15) is 4.79 Å². The van der Waals surface area contributed by atoms with Gasteiger partial charge in [-0.25, -0.2) is 0 Å². The molecule has 3 aliphatic carbocycles. The SMILES string of the molecule is CCc1ccc(NC(=O)C23CCC(N)(CC2)CC3)cc1. The maximum absolute atomic E-state index is 12.7. The molecular weight excluding hydrogens is 248 g/mol. The van der Waals surface area contributed by atoms with Crippen LogP contribution in [0.3, 0.4) is 0 Å². The van der Waals surface area contributed by atoms with Gasteiger partial charge in [0.25, 0.3) is 0 Å². The van der Waals surface area contributed by atoms with Crippen LogP contribution in [-0.2, 0) is 11.2 Å². The fourth-order valence-electron chi connectivity index (χ4n) is 3.64. The summed E-state index contributed by atoms with van der Waals surface area (Å²) < 4.78 is 0. The molecule has 0 aliphatic heterocycles. The van der Waals surface area contributed by atoms with Crippen molar-refractivity contribution in [3.8, 4) is 0 Å². The molecule has 3 heteroatoms. The fourth-order valence-corrected chi connectivity index (χ4v) is 3.64. The van der Waals surface area contributed by atoms with Gasteiger partial charge in [0.15, 0.2) is 0 Å². The molecule has 0 spiro atoms. The lowest BCUT2D eigenvalue weighted by Crippen LogP contribution is -2.55. The van der Waals surface area contributed by atoms with Crippen molar-refractivity contribution < 1.29 is 4.79 Å². The highest BCUT2D eigenvalue weighted by atomic mass is 16.2. The zero-order valence-corrected chi connectivity index (χ0v) is 12.2. The zero-order chi connectivity index (χ0) is 14.2. The molecule has 4 rings (SSSR count). The second kappa shape index (κ2) is 4.88. The minimum Gasteiger partial charge on any atom is -0.326 e. The lowest BCUT2D eigenvalue weighted by atomic mass is 9.57. The normalized spacial score (nSPS) is 32.1. The molecule has 0 heterocycles. The van der Waals surface area contributed by atoms with E-state index in [1.165, 1.54) is 5.56 Å². The number of nitrogens with two attached hydrogens (primary N) is 1. The largest absolute Gasteiger partial charge is 0.326 e. The van der Waals surface area contributed by atoms with Crippen LogP contribution < -0.4 is 11.1 Å². The van der Waals surface area contributed by atoms with Gasteiger partial charge in [-0.2, -0.15) is 0 Å². The van der Waals surface area contributed by atoms with Gasteiger partial charge in [0, 0.05) is 16.6 Å². The second-order valence-corrected chi connectivity index (χ2v) is 6.65. The Hall–Kier alpha value is -1.35. The summed E-state index contributed by atoms with van der Waals surface area (Å²) in [5, 5.41) is 3.11. The summed E-state index contributed by atoms with van der Waals surface area (Å²) >= 11 is 0. The quantitative estimate of drug-likeness (QED) is 0.887. The van der Waals surface area contributed by atoms with Crippen LogP contribution in [0.4, 0.5) is 5.69 Å². The van der Waals surface area contributed by atoms with Crippen molar-refractivity contribution in [1.29, 1.82) is 0 Å². The maximum atomic E-state index is 12.7. The van der Waals surface area contributed by atoms with E-state index in [1.807, 2.05) is 12.1 Å². The molecule has 0 saturated heterocycles. The van der Waals surface area contributed by atoms with Crippen LogP contribution in [0, 0.1) is 5.41 Å². The van der Waals surface area contributed by atoms with Crippen LogP contribution in [0.25, 0.3) is 0 Å². The highest BCUT2D eigenvalue weighted by Crippen LogP contribution is 2.51. The molecule has 1 aromatic rings. The Balaban J connectivity index is 1.70. The van der Waals surface area contributed by atoms with Gasteiger partial charge in [0.1, 0.15) is 0 Å². The van der Waals surface area contributed by atoms with Gasteiger partial charge in [-0.1, -0.05) is 19.1 Å². The minimum absolute atomic E-state index is 0.0187. The molecule has 3 saturated carbocycles. The van der Waals surface area contributed by atoms with Crippen LogP contribution in [0.2, 0.25) is 0 Å². The Labute approximate surface area is 120 Å². The monoisotopic (exact) mass is 272 g/mol. The number of aryl methyl sites for hydroxylation is 1. The van der Waals surface area contributed by atoms with Gasteiger partial charge in [-0.3, -0.25) is 4.79 Å². The summed E-state index contributed by atoms with van der Waals surface area (Å²) in [6, 6.07) is 8.18. The van der Waals surface area contributed by atoms with Crippen LogP contribution in [-0.4, -0.2) is 11.4 Å². The molecule has 0 unspecified atom stereocenters. The van der Waals surface area contributed by atoms with Gasteiger partial charge in [-0.15, -0.1) is 0 Å². The molecule has 20 heavy (non-hydrogen) atoms. The van der Waals surface area contributed by atoms with E-state index in [0.29, 0.717) is 0 Å². The average Bonchev–Trinajstić information content (AvgIpc) is 2.49. The Morgan fingerprint density at radius 3 is 2.15 bits per heavy atom. The van der Waals surface area contributed by atoms with E-state index in [2.05, 4.69) is 24.4 Å². The van der Waals surface area contributed by atoms with E-state index in [1.54, 1.807) is 0 Å². The first-order chi connectivity index (χ1) is 9.55. The summed E-state index contributed by atoms with van der Waals surface area (Å²) in [6.07, 6.45) is 6.85. The predicted molar refractivity (Wildman–Crippen MR) is 81.5 cm³/mol. The Morgan fingerprint density at radius 1 is 1.10 bits per heavy atom. The molecule has 2 bridgehead atoms. The van der Waals surface area contributed by atoms with E-state index in [-0.39, 0.29) is 16.9 Å². The van der Waals surface area contributed by atoms with Gasteiger partial charge < -0.3 is 11.1 Å². The van der Waals surface area contributed by atoms with E-state index in [0.717, 1.165) is 50.6 Å². The maximum Gasteiger partial charge on any atom is 0.230 e. The summed E-state index contributed by atoms with van der Waals surface area (Å²) in [7, 11) is 0. The molecule has 3 aliphatic rings. The van der Waals surface area contributed by atoms with E-state index >= 15 is 0 Å². The first kappa shape index (κ1) is 13.6. The smallest absolute Gasteiger partial charge is 0.230 e. The third-order valence-electron chi connectivity index (χ3n) is 5.41. The molecule has 3 N–H and O–H groups in total. The van der Waals surface area contributed by atoms with Crippen LogP contribution >= 0.6 is 0 Å². The highest BCUT2D eigenvalue weighted by molar-refractivity contribution is 5.95. The van der Waals surface area contributed by atoms with Gasteiger partial charge in [-0.05, 0) is 62.6 Å². The van der Waals surface area contributed by atoms with Crippen molar-refractivity contribution in [2.75, 3.05) is 5.32 Å². The molecule has 3 fully saturated rings. The molecule has 0 aromatic heterocycles. The molecule has 0 radical (unpaired) electrons. The second-order valence-electron chi connectivity index (χ2n) is 6.65. The summed E-state index contributed by atoms with van der Waals surface area (Å²) in [5.74, 6) is 0.198. The van der Waals surface area contributed by atoms with Crippen molar-refractivity contribution in [1.82, 2.24) is 0 Å². The molecule has 1 aromatic carbocycles. The lowest BCUT2D eigenvalue weighted by Gasteiger charge is -2.50. The Morgan fingerprint density at radius 2 is 1.65 bits per heavy atom. The summed E-state index contributed by atoms with van der Waals surface area (Å²) in [6.45, 7) is 2.13. The van der Waals surface area contributed by atoms with Crippen LogP contribution in [0.5, 0.6) is 0 Å². The van der Waals surface area contributed by atoms with Crippen molar-refractivity contribution in [2.24, 2.45) is 11.1 Å². The zero-order valence-electron chi connectivity index (χ0n) is 12.2. The minimum atomic E-state index is -0.162. The van der Waals surface area contributed by atoms with Gasteiger partial charge in [0.2, 0.25) is 5.91 Å². The summed E-state index contributed by atoms with van der Waals surface area (Å²) in [5.41, 5.74) is 8.37.